The molecule has 31 heavy (non-hydrogen) atoms. The van der Waals surface area contributed by atoms with Gasteiger partial charge in [0.05, 0.1) is 5.56 Å². The van der Waals surface area contributed by atoms with Gasteiger partial charge in [0.1, 0.15) is 22.9 Å². The minimum absolute atomic E-state index is 0.174. The maximum absolute atomic E-state index is 13.4. The van der Waals surface area contributed by atoms with Crippen LogP contribution in [0.2, 0.25) is 0 Å². The fourth-order valence-electron chi connectivity index (χ4n) is 3.62. The molecule has 0 spiro atoms. The summed E-state index contributed by atoms with van der Waals surface area (Å²) in [7, 11) is 1.57. The molecule has 4 rings (SSSR count). The SMILES string of the molecule is CNC(=O)c1c(-c2ccc(F)cc2)oc2ccc(-c3ccc(CCC(C)=O)cc3)cc12. The Labute approximate surface area is 179 Å². The smallest absolute Gasteiger partial charge is 0.255 e. The Kier molecular flexibility index (Phi) is 5.67. The first-order chi connectivity index (χ1) is 15.0. The summed E-state index contributed by atoms with van der Waals surface area (Å²) in [6.45, 7) is 1.60. The van der Waals surface area contributed by atoms with E-state index in [4.69, 9.17) is 4.42 Å². The van der Waals surface area contributed by atoms with Gasteiger partial charge in [0, 0.05) is 24.4 Å². The lowest BCUT2D eigenvalue weighted by Gasteiger charge is -2.05. The van der Waals surface area contributed by atoms with Crippen molar-refractivity contribution < 1.29 is 18.4 Å². The molecule has 0 aliphatic rings. The average Bonchev–Trinajstić information content (AvgIpc) is 3.16. The highest BCUT2D eigenvalue weighted by Crippen LogP contribution is 2.36. The Balaban J connectivity index is 1.77. The molecule has 0 atom stereocenters. The number of halogens is 1. The first-order valence-corrected chi connectivity index (χ1v) is 10.1. The number of carbonyl (C=O) groups excluding carboxylic acids is 2. The molecule has 0 saturated carbocycles. The maximum Gasteiger partial charge on any atom is 0.255 e. The summed E-state index contributed by atoms with van der Waals surface area (Å²) in [4.78, 5) is 23.9. The van der Waals surface area contributed by atoms with Gasteiger partial charge in [0.2, 0.25) is 0 Å². The zero-order valence-corrected chi connectivity index (χ0v) is 17.4. The third-order valence-corrected chi connectivity index (χ3v) is 5.30. The molecule has 0 saturated heterocycles. The molecule has 0 fully saturated rings. The van der Waals surface area contributed by atoms with E-state index in [1.807, 2.05) is 42.5 Å². The molecule has 1 aromatic heterocycles. The molecule has 4 aromatic rings. The molecule has 4 nitrogen and oxygen atoms in total. The summed E-state index contributed by atoms with van der Waals surface area (Å²) in [6, 6.07) is 19.6. The minimum Gasteiger partial charge on any atom is -0.455 e. The van der Waals surface area contributed by atoms with Gasteiger partial charge in [-0.2, -0.15) is 0 Å². The number of amides is 1. The Hall–Kier alpha value is -3.73. The predicted octanol–water partition coefficient (Wildman–Crippen LogP) is 5.79. The van der Waals surface area contributed by atoms with Crippen molar-refractivity contribution in [1.82, 2.24) is 5.32 Å². The van der Waals surface area contributed by atoms with E-state index >= 15 is 0 Å². The van der Waals surface area contributed by atoms with Crippen LogP contribution in [0.15, 0.2) is 71.1 Å². The van der Waals surface area contributed by atoms with Crippen LogP contribution in [-0.2, 0) is 11.2 Å². The first-order valence-electron chi connectivity index (χ1n) is 10.1. The van der Waals surface area contributed by atoms with Crippen LogP contribution in [0.3, 0.4) is 0 Å². The van der Waals surface area contributed by atoms with E-state index in [1.54, 1.807) is 26.1 Å². The topological polar surface area (TPSA) is 59.3 Å². The van der Waals surface area contributed by atoms with Crippen molar-refractivity contribution in [3.05, 3.63) is 83.7 Å². The van der Waals surface area contributed by atoms with E-state index in [1.165, 1.54) is 12.1 Å². The summed E-state index contributed by atoms with van der Waals surface area (Å²) in [6.07, 6.45) is 1.25. The average molecular weight is 415 g/mol. The summed E-state index contributed by atoms with van der Waals surface area (Å²) < 4.78 is 19.4. The van der Waals surface area contributed by atoms with E-state index in [0.29, 0.717) is 34.3 Å². The number of aryl methyl sites for hydroxylation is 1. The van der Waals surface area contributed by atoms with E-state index in [9.17, 15) is 14.0 Å². The monoisotopic (exact) mass is 415 g/mol. The molecule has 0 aliphatic heterocycles. The quantitative estimate of drug-likeness (QED) is 0.434. The van der Waals surface area contributed by atoms with Gasteiger partial charge in [-0.15, -0.1) is 0 Å². The van der Waals surface area contributed by atoms with Gasteiger partial charge in [-0.3, -0.25) is 4.79 Å². The zero-order chi connectivity index (χ0) is 22.0. The number of hydrogen-bond donors (Lipinski definition) is 1. The largest absolute Gasteiger partial charge is 0.455 e. The summed E-state index contributed by atoms with van der Waals surface area (Å²) >= 11 is 0. The van der Waals surface area contributed by atoms with Gasteiger partial charge >= 0.3 is 0 Å². The van der Waals surface area contributed by atoms with Crippen LogP contribution < -0.4 is 5.32 Å². The molecule has 1 heterocycles. The maximum atomic E-state index is 13.4. The normalized spacial score (nSPS) is 10.9. The molecule has 0 radical (unpaired) electrons. The summed E-state index contributed by atoms with van der Waals surface area (Å²) in [5.74, 6) is -0.0375. The van der Waals surface area contributed by atoms with Crippen molar-refractivity contribution in [2.75, 3.05) is 7.05 Å². The van der Waals surface area contributed by atoms with Crippen LogP contribution in [0.1, 0.15) is 29.3 Å². The lowest BCUT2D eigenvalue weighted by atomic mass is 9.98. The van der Waals surface area contributed by atoms with E-state index < -0.39 is 0 Å². The third kappa shape index (κ3) is 4.26. The third-order valence-electron chi connectivity index (χ3n) is 5.30. The molecule has 3 aromatic carbocycles. The standard InChI is InChI=1S/C26H22FNO3/c1-16(29)3-4-17-5-7-18(8-6-17)20-11-14-23-22(15-20)24(26(30)28-2)25(31-23)19-9-12-21(27)13-10-19/h5-15H,3-4H2,1-2H3,(H,28,30). The van der Waals surface area contributed by atoms with E-state index in [2.05, 4.69) is 5.32 Å². The summed E-state index contributed by atoms with van der Waals surface area (Å²) in [5, 5.41) is 3.36. The number of rotatable bonds is 6. The van der Waals surface area contributed by atoms with Crippen LogP contribution in [-0.4, -0.2) is 18.7 Å². The number of furan rings is 1. The predicted molar refractivity (Wildman–Crippen MR) is 119 cm³/mol. The molecule has 156 valence electrons. The number of carbonyl (C=O) groups is 2. The van der Waals surface area contributed by atoms with E-state index in [0.717, 1.165) is 23.1 Å². The van der Waals surface area contributed by atoms with Crippen LogP contribution in [0.4, 0.5) is 4.39 Å². The number of Topliss-reactive ketones (excluding diaryl/α,β-unsaturated/α-hetero) is 1. The number of benzene rings is 3. The Morgan fingerprint density at radius 1 is 0.903 bits per heavy atom. The fraction of sp³-hybridized carbons (Fsp3) is 0.154. The minimum atomic E-state index is -0.351. The lowest BCUT2D eigenvalue weighted by Crippen LogP contribution is -2.18. The lowest BCUT2D eigenvalue weighted by molar-refractivity contribution is -0.116. The first kappa shape index (κ1) is 20.5. The van der Waals surface area contributed by atoms with E-state index in [-0.39, 0.29) is 17.5 Å². The summed E-state index contributed by atoms with van der Waals surface area (Å²) in [5.41, 5.74) is 4.69. The van der Waals surface area contributed by atoms with Gasteiger partial charge in [0.25, 0.3) is 5.91 Å². The van der Waals surface area contributed by atoms with Gasteiger partial charge in [-0.05, 0) is 66.4 Å². The molecule has 1 amide bonds. The molecule has 0 aliphatic carbocycles. The number of nitrogens with one attached hydrogen (secondary N) is 1. The molecule has 0 unspecified atom stereocenters. The van der Waals surface area contributed by atoms with Gasteiger partial charge in [0.15, 0.2) is 0 Å². The molecular formula is C26H22FNO3. The number of fused-ring (bicyclic) bond motifs is 1. The van der Waals surface area contributed by atoms with Crippen LogP contribution in [0.25, 0.3) is 33.4 Å². The zero-order valence-electron chi connectivity index (χ0n) is 17.4. The molecular weight excluding hydrogens is 393 g/mol. The Morgan fingerprint density at radius 2 is 1.55 bits per heavy atom. The van der Waals surface area contributed by atoms with Gasteiger partial charge < -0.3 is 14.5 Å². The van der Waals surface area contributed by atoms with Crippen molar-refractivity contribution in [3.63, 3.8) is 0 Å². The molecule has 1 N–H and O–H groups in total. The second kappa shape index (κ2) is 8.56. The number of hydrogen-bond acceptors (Lipinski definition) is 3. The highest BCUT2D eigenvalue weighted by atomic mass is 19.1. The molecule has 0 bridgehead atoms. The second-order valence-corrected chi connectivity index (χ2v) is 7.50. The van der Waals surface area contributed by atoms with Gasteiger partial charge in [-0.25, -0.2) is 4.39 Å². The van der Waals surface area contributed by atoms with Crippen molar-refractivity contribution in [2.45, 2.75) is 19.8 Å². The molecule has 5 heteroatoms. The van der Waals surface area contributed by atoms with Crippen molar-refractivity contribution in [1.29, 1.82) is 0 Å². The van der Waals surface area contributed by atoms with Crippen LogP contribution >= 0.6 is 0 Å². The van der Waals surface area contributed by atoms with Crippen LogP contribution in [0, 0.1) is 5.82 Å². The van der Waals surface area contributed by atoms with Crippen molar-refractivity contribution >= 4 is 22.7 Å². The second-order valence-electron chi connectivity index (χ2n) is 7.50. The Morgan fingerprint density at radius 3 is 2.19 bits per heavy atom. The fourth-order valence-corrected chi connectivity index (χ4v) is 3.62. The Bertz CT molecular complexity index is 1250. The number of ketones is 1. The van der Waals surface area contributed by atoms with Crippen LogP contribution in [0.5, 0.6) is 0 Å². The van der Waals surface area contributed by atoms with Crippen molar-refractivity contribution in [2.24, 2.45) is 0 Å². The van der Waals surface area contributed by atoms with Gasteiger partial charge in [-0.1, -0.05) is 30.3 Å². The highest BCUT2D eigenvalue weighted by Gasteiger charge is 2.22. The van der Waals surface area contributed by atoms with Crippen molar-refractivity contribution in [3.8, 4) is 22.5 Å². The highest BCUT2D eigenvalue weighted by molar-refractivity contribution is 6.11.